The molecule has 0 unspecified atom stereocenters. The third-order valence-electron chi connectivity index (χ3n) is 5.19. The molecule has 31 heavy (non-hydrogen) atoms. The van der Waals surface area contributed by atoms with E-state index in [-0.39, 0.29) is 24.4 Å². The van der Waals surface area contributed by atoms with E-state index in [0.29, 0.717) is 62.4 Å². The molecule has 168 valence electrons. The lowest BCUT2D eigenvalue weighted by Gasteiger charge is -2.31. The van der Waals surface area contributed by atoms with Crippen LogP contribution in [-0.4, -0.2) is 84.4 Å². The number of aromatic nitrogens is 4. The van der Waals surface area contributed by atoms with Gasteiger partial charge in [0.1, 0.15) is 11.9 Å². The molecule has 1 atom stereocenters. The smallest absolute Gasteiger partial charge is 0.229 e. The van der Waals surface area contributed by atoms with Crippen molar-refractivity contribution in [2.75, 3.05) is 62.0 Å². The molecule has 12 nitrogen and oxygen atoms in total. The highest BCUT2D eigenvalue weighted by Gasteiger charge is 2.28. The van der Waals surface area contributed by atoms with Crippen molar-refractivity contribution in [1.29, 1.82) is 0 Å². The van der Waals surface area contributed by atoms with Crippen LogP contribution < -0.4 is 21.1 Å². The second-order valence-corrected chi connectivity index (χ2v) is 9.50. The van der Waals surface area contributed by atoms with Crippen LogP contribution in [0, 0.1) is 0 Å². The van der Waals surface area contributed by atoms with Crippen LogP contribution in [-0.2, 0) is 14.8 Å². The Morgan fingerprint density at radius 3 is 2.65 bits per heavy atom. The zero-order valence-electron chi connectivity index (χ0n) is 17.3. The lowest BCUT2D eigenvalue weighted by Crippen LogP contribution is -2.44. The number of piperidine rings is 1. The number of nitrogens with zero attached hydrogens (tertiary/aromatic N) is 6. The molecule has 4 heterocycles. The third kappa shape index (κ3) is 5.11. The molecule has 0 aliphatic carbocycles. The van der Waals surface area contributed by atoms with Crippen LogP contribution in [0.25, 0.3) is 11.3 Å². The summed E-state index contributed by atoms with van der Waals surface area (Å²) in [4.78, 5) is 19.2. The van der Waals surface area contributed by atoms with E-state index in [0.717, 1.165) is 6.42 Å². The molecule has 0 spiro atoms. The molecule has 2 aromatic heterocycles. The Bertz CT molecular complexity index is 1040. The minimum atomic E-state index is -3.28. The summed E-state index contributed by atoms with van der Waals surface area (Å²) in [7, 11) is -3.28. The van der Waals surface area contributed by atoms with Crippen LogP contribution in [0.1, 0.15) is 12.8 Å². The van der Waals surface area contributed by atoms with Gasteiger partial charge in [0.25, 0.3) is 0 Å². The predicted octanol–water partition coefficient (Wildman–Crippen LogP) is -0.263. The Morgan fingerprint density at radius 1 is 1.16 bits per heavy atom. The molecule has 0 aromatic carbocycles. The highest BCUT2D eigenvalue weighted by Crippen LogP contribution is 2.29. The van der Waals surface area contributed by atoms with E-state index in [2.05, 4.69) is 19.9 Å². The SMILES string of the molecule is CS(=O)(=O)N1CCC[C@@H](Oc2cc(-c3cnc(N)nc3N)nc(N3CCOCC3)n2)C1. The largest absolute Gasteiger partial charge is 0.473 e. The fraction of sp³-hybridized carbons (Fsp3) is 0.556. The lowest BCUT2D eigenvalue weighted by molar-refractivity contribution is 0.119. The Kier molecular flexibility index (Phi) is 6.07. The number of hydrogen-bond acceptors (Lipinski definition) is 11. The quantitative estimate of drug-likeness (QED) is 0.617. The minimum Gasteiger partial charge on any atom is -0.473 e. The minimum absolute atomic E-state index is 0.0725. The number of rotatable bonds is 5. The van der Waals surface area contributed by atoms with Gasteiger partial charge in [-0.15, -0.1) is 0 Å². The number of anilines is 3. The summed E-state index contributed by atoms with van der Waals surface area (Å²) >= 11 is 0. The average Bonchev–Trinajstić information content (AvgIpc) is 2.74. The van der Waals surface area contributed by atoms with Crippen molar-refractivity contribution >= 4 is 27.7 Å². The summed E-state index contributed by atoms with van der Waals surface area (Å²) in [5, 5.41) is 0. The van der Waals surface area contributed by atoms with Crippen molar-refractivity contribution in [1.82, 2.24) is 24.2 Å². The second-order valence-electron chi connectivity index (χ2n) is 7.52. The van der Waals surface area contributed by atoms with E-state index in [1.165, 1.54) is 16.8 Å². The highest BCUT2D eigenvalue weighted by atomic mass is 32.2. The summed E-state index contributed by atoms with van der Waals surface area (Å²) in [5.41, 5.74) is 12.7. The molecular formula is C18H26N8O4S. The standard InChI is InChI=1S/C18H26N8O4S/c1-31(27,28)26-4-2-3-12(11-26)30-15-9-14(13-10-21-17(20)24-16(13)19)22-18(23-15)25-5-7-29-8-6-25/h9-10,12H,2-8,11H2,1H3,(H4,19,20,21,24)/t12-/m1/s1. The molecule has 4 rings (SSSR count). The Balaban J connectivity index is 1.66. The van der Waals surface area contributed by atoms with Crippen molar-refractivity contribution < 1.29 is 17.9 Å². The van der Waals surface area contributed by atoms with Gasteiger partial charge in [0, 0.05) is 31.9 Å². The number of hydrogen-bond donors (Lipinski definition) is 2. The second kappa shape index (κ2) is 8.77. The normalized spacial score (nSPS) is 20.5. The molecule has 2 aliphatic rings. The van der Waals surface area contributed by atoms with E-state index in [4.69, 9.17) is 20.9 Å². The summed E-state index contributed by atoms with van der Waals surface area (Å²) < 4.78 is 36.8. The van der Waals surface area contributed by atoms with Crippen LogP contribution in [0.2, 0.25) is 0 Å². The third-order valence-corrected chi connectivity index (χ3v) is 6.46. The molecule has 2 saturated heterocycles. The Morgan fingerprint density at radius 2 is 1.94 bits per heavy atom. The predicted molar refractivity (Wildman–Crippen MR) is 115 cm³/mol. The van der Waals surface area contributed by atoms with Crippen molar-refractivity contribution in [3.05, 3.63) is 12.3 Å². The van der Waals surface area contributed by atoms with Crippen molar-refractivity contribution in [2.24, 2.45) is 0 Å². The molecule has 0 bridgehead atoms. The number of sulfonamides is 1. The molecule has 2 fully saturated rings. The molecular weight excluding hydrogens is 424 g/mol. The molecule has 2 aromatic rings. The maximum absolute atomic E-state index is 11.9. The van der Waals surface area contributed by atoms with Gasteiger partial charge in [-0.25, -0.2) is 18.4 Å². The molecule has 2 aliphatic heterocycles. The van der Waals surface area contributed by atoms with Gasteiger partial charge in [-0.1, -0.05) is 0 Å². The van der Waals surface area contributed by atoms with Crippen LogP contribution in [0.3, 0.4) is 0 Å². The van der Waals surface area contributed by atoms with Crippen LogP contribution >= 0.6 is 0 Å². The van der Waals surface area contributed by atoms with Gasteiger partial charge in [0.15, 0.2) is 0 Å². The summed E-state index contributed by atoms with van der Waals surface area (Å²) in [6.07, 6.45) is 3.84. The maximum Gasteiger partial charge on any atom is 0.229 e. The summed E-state index contributed by atoms with van der Waals surface area (Å²) in [6, 6.07) is 1.66. The summed E-state index contributed by atoms with van der Waals surface area (Å²) in [6.45, 7) is 3.19. The molecule has 0 saturated carbocycles. The molecule has 0 amide bonds. The summed E-state index contributed by atoms with van der Waals surface area (Å²) in [5.74, 6) is 1.08. The topological polar surface area (TPSA) is 163 Å². The number of nitrogens with two attached hydrogens (primary N) is 2. The fourth-order valence-corrected chi connectivity index (χ4v) is 4.49. The number of ether oxygens (including phenoxy) is 2. The van der Waals surface area contributed by atoms with E-state index in [9.17, 15) is 8.42 Å². The van der Waals surface area contributed by atoms with Gasteiger partial charge in [-0.2, -0.15) is 14.3 Å². The van der Waals surface area contributed by atoms with Gasteiger partial charge in [-0.3, -0.25) is 0 Å². The number of nitrogen functional groups attached to an aromatic ring is 2. The first-order valence-corrected chi connectivity index (χ1v) is 11.9. The monoisotopic (exact) mass is 450 g/mol. The van der Waals surface area contributed by atoms with Gasteiger partial charge >= 0.3 is 0 Å². The van der Waals surface area contributed by atoms with E-state index in [1.807, 2.05) is 4.90 Å². The molecule has 13 heteroatoms. The van der Waals surface area contributed by atoms with E-state index in [1.54, 1.807) is 6.07 Å². The van der Waals surface area contributed by atoms with Gasteiger partial charge < -0.3 is 25.8 Å². The first kappa shape index (κ1) is 21.5. The van der Waals surface area contributed by atoms with E-state index < -0.39 is 10.0 Å². The first-order chi connectivity index (χ1) is 14.8. The van der Waals surface area contributed by atoms with Crippen LogP contribution in [0.4, 0.5) is 17.7 Å². The van der Waals surface area contributed by atoms with Gasteiger partial charge in [0.2, 0.25) is 27.8 Å². The van der Waals surface area contributed by atoms with Gasteiger partial charge in [-0.05, 0) is 12.8 Å². The Hall–Kier alpha value is -2.77. The van der Waals surface area contributed by atoms with E-state index >= 15 is 0 Å². The first-order valence-electron chi connectivity index (χ1n) is 10.0. The van der Waals surface area contributed by atoms with Crippen molar-refractivity contribution in [3.8, 4) is 17.1 Å². The molecule has 4 N–H and O–H groups in total. The maximum atomic E-state index is 11.9. The van der Waals surface area contributed by atoms with Gasteiger partial charge in [0.05, 0.1) is 37.3 Å². The van der Waals surface area contributed by atoms with Crippen molar-refractivity contribution in [2.45, 2.75) is 18.9 Å². The number of morpholine rings is 1. The highest BCUT2D eigenvalue weighted by molar-refractivity contribution is 7.88. The Labute approximate surface area is 180 Å². The average molecular weight is 451 g/mol. The lowest BCUT2D eigenvalue weighted by atomic mass is 10.1. The molecule has 0 radical (unpaired) electrons. The zero-order chi connectivity index (χ0) is 22.0. The fourth-order valence-electron chi connectivity index (χ4n) is 3.60. The van der Waals surface area contributed by atoms with Crippen LogP contribution in [0.5, 0.6) is 5.88 Å². The zero-order valence-corrected chi connectivity index (χ0v) is 18.1. The van der Waals surface area contributed by atoms with Crippen LogP contribution in [0.15, 0.2) is 12.3 Å². The van der Waals surface area contributed by atoms with Crippen molar-refractivity contribution in [3.63, 3.8) is 0 Å².